The first-order valence-electron chi connectivity index (χ1n) is 6.69. The summed E-state index contributed by atoms with van der Waals surface area (Å²) in [5.41, 5.74) is 0. The molecule has 0 bridgehead atoms. The van der Waals surface area contributed by atoms with E-state index in [-0.39, 0.29) is 18.5 Å². The minimum Gasteiger partial charge on any atom is -0.466 e. The molecule has 4 nitrogen and oxygen atoms in total. The summed E-state index contributed by atoms with van der Waals surface area (Å²) in [6, 6.07) is 0.352. The first kappa shape index (κ1) is 14.5. The average Bonchev–Trinajstić information content (AvgIpc) is 2.36. The fraction of sp³-hybridized carbons (Fsp3) is 0.923. The summed E-state index contributed by atoms with van der Waals surface area (Å²) >= 11 is 0. The van der Waals surface area contributed by atoms with Gasteiger partial charge in [0.1, 0.15) is 0 Å². The van der Waals surface area contributed by atoms with Crippen LogP contribution in [0.3, 0.4) is 0 Å². The molecule has 1 rings (SSSR count). The third-order valence-corrected chi connectivity index (χ3v) is 3.52. The van der Waals surface area contributed by atoms with Crippen molar-refractivity contribution < 1.29 is 14.6 Å². The van der Waals surface area contributed by atoms with Gasteiger partial charge in [-0.15, -0.1) is 0 Å². The van der Waals surface area contributed by atoms with E-state index >= 15 is 0 Å². The minimum absolute atomic E-state index is 0.115. The molecule has 3 unspecified atom stereocenters. The first-order valence-corrected chi connectivity index (χ1v) is 6.69. The molecule has 0 aromatic rings. The maximum absolute atomic E-state index is 11.5. The summed E-state index contributed by atoms with van der Waals surface area (Å²) in [5.74, 6) is 0.0886. The molecule has 2 N–H and O–H groups in total. The molecule has 100 valence electrons. The van der Waals surface area contributed by atoms with Gasteiger partial charge in [-0.25, -0.2) is 0 Å². The molecule has 0 amide bonds. The smallest absolute Gasteiger partial charge is 0.309 e. The van der Waals surface area contributed by atoms with E-state index in [9.17, 15) is 9.90 Å². The zero-order valence-electron chi connectivity index (χ0n) is 10.9. The maximum atomic E-state index is 11.5. The number of aliphatic hydroxyl groups excluding tert-OH is 1. The quantitative estimate of drug-likeness (QED) is 0.691. The Morgan fingerprint density at radius 1 is 1.47 bits per heavy atom. The van der Waals surface area contributed by atoms with Gasteiger partial charge in [-0.3, -0.25) is 4.79 Å². The van der Waals surface area contributed by atoms with E-state index in [1.165, 1.54) is 12.8 Å². The molecule has 0 saturated heterocycles. The number of rotatable bonds is 6. The summed E-state index contributed by atoms with van der Waals surface area (Å²) < 4.78 is 4.97. The van der Waals surface area contributed by atoms with Crippen molar-refractivity contribution in [1.82, 2.24) is 5.32 Å². The lowest BCUT2D eigenvalue weighted by Crippen LogP contribution is -2.43. The van der Waals surface area contributed by atoms with Gasteiger partial charge in [-0.1, -0.05) is 19.8 Å². The number of esters is 1. The summed E-state index contributed by atoms with van der Waals surface area (Å²) in [4.78, 5) is 11.5. The fourth-order valence-electron chi connectivity index (χ4n) is 2.39. The van der Waals surface area contributed by atoms with Crippen molar-refractivity contribution in [3.05, 3.63) is 0 Å². The Balaban J connectivity index is 2.30. The highest BCUT2D eigenvalue weighted by Gasteiger charge is 2.25. The molecule has 1 aliphatic carbocycles. The number of hydrogen-bond acceptors (Lipinski definition) is 4. The highest BCUT2D eigenvalue weighted by molar-refractivity contribution is 5.72. The van der Waals surface area contributed by atoms with Crippen LogP contribution in [0.25, 0.3) is 0 Å². The predicted octanol–water partition coefficient (Wildman–Crippen LogP) is 1.33. The van der Waals surface area contributed by atoms with Crippen LogP contribution in [-0.2, 0) is 9.53 Å². The summed E-state index contributed by atoms with van der Waals surface area (Å²) in [6.45, 7) is 5.01. The maximum Gasteiger partial charge on any atom is 0.309 e. The first-order chi connectivity index (χ1) is 8.19. The zero-order chi connectivity index (χ0) is 12.7. The van der Waals surface area contributed by atoms with Gasteiger partial charge in [-0.05, 0) is 25.7 Å². The van der Waals surface area contributed by atoms with Crippen molar-refractivity contribution in [2.75, 3.05) is 19.8 Å². The van der Waals surface area contributed by atoms with Crippen molar-refractivity contribution in [1.29, 1.82) is 0 Å². The summed E-state index contributed by atoms with van der Waals surface area (Å²) in [7, 11) is 0. The molecule has 0 radical (unpaired) electrons. The van der Waals surface area contributed by atoms with Gasteiger partial charge >= 0.3 is 5.97 Å². The molecule has 3 atom stereocenters. The van der Waals surface area contributed by atoms with Crippen molar-refractivity contribution in [3.63, 3.8) is 0 Å². The van der Waals surface area contributed by atoms with Gasteiger partial charge in [-0.2, -0.15) is 0 Å². The number of carbonyl (C=O) groups is 1. The van der Waals surface area contributed by atoms with Crippen LogP contribution in [0.15, 0.2) is 0 Å². The molecule has 4 heteroatoms. The van der Waals surface area contributed by atoms with Crippen LogP contribution in [0.4, 0.5) is 0 Å². The van der Waals surface area contributed by atoms with Gasteiger partial charge in [0.15, 0.2) is 0 Å². The zero-order valence-corrected chi connectivity index (χ0v) is 10.9. The molecule has 17 heavy (non-hydrogen) atoms. The molecular weight excluding hydrogens is 218 g/mol. The number of hydrogen-bond donors (Lipinski definition) is 2. The van der Waals surface area contributed by atoms with Crippen LogP contribution in [0.5, 0.6) is 0 Å². The van der Waals surface area contributed by atoms with E-state index in [1.807, 2.05) is 13.8 Å². The lowest BCUT2D eigenvalue weighted by molar-refractivity contribution is -0.147. The molecule has 0 aliphatic heterocycles. The van der Waals surface area contributed by atoms with Gasteiger partial charge in [0.05, 0.1) is 12.5 Å². The average molecular weight is 243 g/mol. The van der Waals surface area contributed by atoms with E-state index in [0.717, 1.165) is 12.8 Å². The van der Waals surface area contributed by atoms with Gasteiger partial charge in [0, 0.05) is 19.2 Å². The predicted molar refractivity (Wildman–Crippen MR) is 66.6 cm³/mol. The van der Waals surface area contributed by atoms with E-state index in [4.69, 9.17) is 4.74 Å². The Kier molecular flexibility index (Phi) is 6.52. The second-order valence-corrected chi connectivity index (χ2v) is 4.89. The van der Waals surface area contributed by atoms with Gasteiger partial charge in [0.25, 0.3) is 0 Å². The number of aliphatic hydroxyl groups is 1. The van der Waals surface area contributed by atoms with Crippen molar-refractivity contribution in [2.24, 2.45) is 11.8 Å². The molecule has 1 aliphatic rings. The molecular formula is C13H25NO3. The van der Waals surface area contributed by atoms with E-state index in [0.29, 0.717) is 25.1 Å². The molecule has 0 aromatic heterocycles. The highest BCUT2D eigenvalue weighted by atomic mass is 16.5. The fourth-order valence-corrected chi connectivity index (χ4v) is 2.39. The Morgan fingerprint density at radius 2 is 2.18 bits per heavy atom. The number of carbonyl (C=O) groups excluding carboxylic acids is 1. The van der Waals surface area contributed by atoms with E-state index in [2.05, 4.69) is 5.32 Å². The molecule has 0 heterocycles. The van der Waals surface area contributed by atoms with Crippen LogP contribution in [0.2, 0.25) is 0 Å². The Hall–Kier alpha value is -0.610. The lowest BCUT2D eigenvalue weighted by atomic mass is 9.85. The topological polar surface area (TPSA) is 58.6 Å². The summed E-state index contributed by atoms with van der Waals surface area (Å²) in [5, 5.41) is 12.7. The second-order valence-electron chi connectivity index (χ2n) is 4.89. The van der Waals surface area contributed by atoms with Crippen LogP contribution in [-0.4, -0.2) is 36.9 Å². The lowest BCUT2D eigenvalue weighted by Gasteiger charge is -2.31. The standard InChI is InChI=1S/C13H25NO3/c1-3-17-13(16)10(2)8-14-12-7-5-4-6-11(12)9-15/h10-12,14-15H,3-9H2,1-2H3. The number of ether oxygens (including phenoxy) is 1. The molecule has 0 spiro atoms. The van der Waals surface area contributed by atoms with Crippen molar-refractivity contribution >= 4 is 5.97 Å². The number of nitrogens with one attached hydrogen (secondary N) is 1. The van der Waals surface area contributed by atoms with Crippen molar-refractivity contribution in [3.8, 4) is 0 Å². The molecule has 1 saturated carbocycles. The van der Waals surface area contributed by atoms with Gasteiger partial charge < -0.3 is 15.2 Å². The third kappa shape index (κ3) is 4.64. The molecule has 0 aromatic carbocycles. The SMILES string of the molecule is CCOC(=O)C(C)CNC1CCCCC1CO. The molecule has 1 fully saturated rings. The van der Waals surface area contributed by atoms with E-state index < -0.39 is 0 Å². The monoisotopic (exact) mass is 243 g/mol. The van der Waals surface area contributed by atoms with Crippen LogP contribution in [0.1, 0.15) is 39.5 Å². The Bertz CT molecular complexity index is 233. The summed E-state index contributed by atoms with van der Waals surface area (Å²) in [6.07, 6.45) is 4.60. The minimum atomic E-state index is -0.142. The Morgan fingerprint density at radius 3 is 2.82 bits per heavy atom. The van der Waals surface area contributed by atoms with Gasteiger partial charge in [0.2, 0.25) is 0 Å². The Labute approximate surface area is 104 Å². The highest BCUT2D eigenvalue weighted by Crippen LogP contribution is 2.24. The van der Waals surface area contributed by atoms with Crippen molar-refractivity contribution in [2.45, 2.75) is 45.6 Å². The second kappa shape index (κ2) is 7.67. The van der Waals surface area contributed by atoms with Crippen LogP contribution >= 0.6 is 0 Å². The van der Waals surface area contributed by atoms with Crippen LogP contribution in [0, 0.1) is 11.8 Å². The normalized spacial score (nSPS) is 26.5. The van der Waals surface area contributed by atoms with E-state index in [1.54, 1.807) is 0 Å². The third-order valence-electron chi connectivity index (χ3n) is 3.52. The van der Waals surface area contributed by atoms with Crippen LogP contribution < -0.4 is 5.32 Å². The largest absolute Gasteiger partial charge is 0.466 e.